The second-order valence-electron chi connectivity index (χ2n) is 6.98. The van der Waals surface area contributed by atoms with Gasteiger partial charge in [0.2, 0.25) is 0 Å². The van der Waals surface area contributed by atoms with Crippen LogP contribution < -0.4 is 9.47 Å². The molecule has 0 aromatic heterocycles. The number of Topliss-reactive ketones (excluding diaryl/α,β-unsaturated/α-hetero) is 1. The van der Waals surface area contributed by atoms with Gasteiger partial charge in [-0.2, -0.15) is 0 Å². The van der Waals surface area contributed by atoms with Gasteiger partial charge in [-0.25, -0.2) is 0 Å². The predicted molar refractivity (Wildman–Crippen MR) is 114 cm³/mol. The molecule has 0 amide bonds. The Balaban J connectivity index is 1.91. The summed E-state index contributed by atoms with van der Waals surface area (Å²) in [6.45, 7) is 0. The van der Waals surface area contributed by atoms with E-state index < -0.39 is 0 Å². The van der Waals surface area contributed by atoms with Crippen LogP contribution in [0, 0.1) is 0 Å². The Hall–Kier alpha value is -3.53. The molecule has 4 nitrogen and oxygen atoms in total. The number of carbonyl (C=O) groups excluding carboxylic acids is 1. The van der Waals surface area contributed by atoms with Crippen molar-refractivity contribution in [3.05, 3.63) is 89.0 Å². The van der Waals surface area contributed by atoms with Gasteiger partial charge in [0.25, 0.3) is 0 Å². The average molecular weight is 386 g/mol. The molecule has 0 heterocycles. The second-order valence-corrected chi connectivity index (χ2v) is 6.98. The highest BCUT2D eigenvalue weighted by Crippen LogP contribution is 2.40. The summed E-state index contributed by atoms with van der Waals surface area (Å²) >= 11 is 0. The number of ketones is 1. The number of phenolic OH excluding ortho intramolecular Hbond substituents is 1. The molecule has 0 saturated carbocycles. The number of allylic oxidation sites excluding steroid dienone is 2. The first kappa shape index (κ1) is 18.8. The zero-order valence-electron chi connectivity index (χ0n) is 16.4. The van der Waals surface area contributed by atoms with Crippen molar-refractivity contribution in [2.75, 3.05) is 14.2 Å². The lowest BCUT2D eigenvalue weighted by Crippen LogP contribution is -2.13. The van der Waals surface area contributed by atoms with E-state index in [0.29, 0.717) is 11.1 Å². The summed E-state index contributed by atoms with van der Waals surface area (Å²) in [5.74, 6) is 1.57. The number of ether oxygens (including phenoxy) is 2. The van der Waals surface area contributed by atoms with Gasteiger partial charge < -0.3 is 14.6 Å². The van der Waals surface area contributed by atoms with Crippen molar-refractivity contribution in [3.63, 3.8) is 0 Å². The van der Waals surface area contributed by atoms with Crippen molar-refractivity contribution in [3.8, 4) is 17.2 Å². The number of hydrogen-bond acceptors (Lipinski definition) is 4. The summed E-state index contributed by atoms with van der Waals surface area (Å²) in [6, 6.07) is 20.1. The van der Waals surface area contributed by atoms with Crippen LogP contribution in [-0.4, -0.2) is 25.1 Å². The van der Waals surface area contributed by atoms with Crippen molar-refractivity contribution in [2.24, 2.45) is 0 Å². The van der Waals surface area contributed by atoms with Crippen LogP contribution in [0.4, 0.5) is 0 Å². The third-order valence-electron chi connectivity index (χ3n) is 5.33. The summed E-state index contributed by atoms with van der Waals surface area (Å²) in [6.07, 6.45) is 1.62. The van der Waals surface area contributed by atoms with Gasteiger partial charge in [0.05, 0.1) is 14.2 Å². The number of aromatic hydroxyl groups is 1. The highest BCUT2D eigenvalue weighted by atomic mass is 16.5. The van der Waals surface area contributed by atoms with Gasteiger partial charge in [-0.05, 0) is 83.6 Å². The maximum absolute atomic E-state index is 13.6. The molecule has 4 rings (SSSR count). The molecule has 0 bridgehead atoms. The quantitative estimate of drug-likeness (QED) is 0.616. The molecule has 3 aromatic carbocycles. The largest absolute Gasteiger partial charge is 0.508 e. The van der Waals surface area contributed by atoms with Crippen LogP contribution in [0.2, 0.25) is 0 Å². The number of aryl methyl sites for hydroxylation is 1. The summed E-state index contributed by atoms with van der Waals surface area (Å²) in [5.41, 5.74) is 5.26. The highest BCUT2D eigenvalue weighted by molar-refractivity contribution is 6.35. The fourth-order valence-electron chi connectivity index (χ4n) is 3.78. The zero-order valence-corrected chi connectivity index (χ0v) is 16.4. The van der Waals surface area contributed by atoms with Crippen molar-refractivity contribution >= 4 is 16.9 Å². The minimum Gasteiger partial charge on any atom is -0.508 e. The van der Waals surface area contributed by atoms with Gasteiger partial charge in [0.15, 0.2) is 5.78 Å². The van der Waals surface area contributed by atoms with E-state index in [1.54, 1.807) is 26.4 Å². The number of benzene rings is 3. The van der Waals surface area contributed by atoms with Crippen LogP contribution in [0.1, 0.15) is 33.5 Å². The van der Waals surface area contributed by atoms with E-state index in [1.165, 1.54) is 12.1 Å². The van der Waals surface area contributed by atoms with E-state index in [4.69, 9.17) is 9.47 Å². The van der Waals surface area contributed by atoms with Crippen LogP contribution >= 0.6 is 0 Å². The van der Waals surface area contributed by atoms with E-state index in [2.05, 4.69) is 0 Å². The lowest BCUT2D eigenvalue weighted by atomic mass is 9.79. The van der Waals surface area contributed by atoms with Gasteiger partial charge in [-0.15, -0.1) is 0 Å². The first-order chi connectivity index (χ1) is 14.1. The smallest absolute Gasteiger partial charge is 0.193 e. The van der Waals surface area contributed by atoms with Crippen molar-refractivity contribution < 1.29 is 19.4 Å². The first-order valence-electron chi connectivity index (χ1n) is 9.49. The molecule has 1 N–H and O–H groups in total. The number of fused-ring (bicyclic) bond motifs is 1. The Morgan fingerprint density at radius 3 is 2.14 bits per heavy atom. The van der Waals surface area contributed by atoms with Gasteiger partial charge in [0, 0.05) is 11.1 Å². The minimum atomic E-state index is -0.0648. The molecule has 4 heteroatoms. The standard InChI is InChI=1S/C25H22O4/c1-28-20-11-5-16(6-12-20)22-14-8-17-7-13-21(29-2)15-23(17)24(22)25(27)18-3-9-19(26)10-4-18/h3-7,9-13,15,26H,8,14H2,1-2H3. The van der Waals surface area contributed by atoms with E-state index >= 15 is 0 Å². The summed E-state index contributed by atoms with van der Waals surface area (Å²) in [7, 11) is 3.26. The average Bonchev–Trinajstić information content (AvgIpc) is 2.78. The Labute approximate surface area is 170 Å². The number of methoxy groups -OCH3 is 2. The van der Waals surface area contributed by atoms with Crippen LogP contribution in [0.3, 0.4) is 0 Å². The molecular weight excluding hydrogens is 364 g/mol. The van der Waals surface area contributed by atoms with Gasteiger partial charge in [-0.3, -0.25) is 4.79 Å². The Morgan fingerprint density at radius 1 is 0.828 bits per heavy atom. The first-order valence-corrected chi connectivity index (χ1v) is 9.49. The minimum absolute atomic E-state index is 0.0648. The second kappa shape index (κ2) is 7.84. The molecule has 1 aliphatic carbocycles. The maximum atomic E-state index is 13.6. The number of phenols is 1. The normalized spacial score (nSPS) is 13.0. The fraction of sp³-hybridized carbons (Fsp3) is 0.160. The number of carbonyl (C=O) groups is 1. The van der Waals surface area contributed by atoms with Crippen molar-refractivity contribution in [1.29, 1.82) is 0 Å². The van der Waals surface area contributed by atoms with Crippen LogP contribution in [-0.2, 0) is 6.42 Å². The predicted octanol–water partition coefficient (Wildman–Crippen LogP) is 5.15. The number of rotatable bonds is 5. The van der Waals surface area contributed by atoms with E-state index in [0.717, 1.165) is 46.6 Å². The third-order valence-corrected chi connectivity index (χ3v) is 5.33. The Bertz CT molecular complexity index is 1080. The molecule has 1 aliphatic rings. The van der Waals surface area contributed by atoms with Gasteiger partial charge >= 0.3 is 0 Å². The van der Waals surface area contributed by atoms with Crippen LogP contribution in [0.25, 0.3) is 11.1 Å². The van der Waals surface area contributed by atoms with E-state index in [9.17, 15) is 9.90 Å². The van der Waals surface area contributed by atoms with Gasteiger partial charge in [-0.1, -0.05) is 18.2 Å². The maximum Gasteiger partial charge on any atom is 0.193 e. The molecule has 146 valence electrons. The number of hydrogen-bond donors (Lipinski definition) is 1. The lowest BCUT2D eigenvalue weighted by molar-refractivity contribution is 0.105. The summed E-state index contributed by atoms with van der Waals surface area (Å²) in [5, 5.41) is 9.60. The topological polar surface area (TPSA) is 55.8 Å². The molecule has 0 unspecified atom stereocenters. The Kier molecular flexibility index (Phi) is 5.09. The van der Waals surface area contributed by atoms with E-state index in [1.807, 2.05) is 42.5 Å². The summed E-state index contributed by atoms with van der Waals surface area (Å²) < 4.78 is 10.7. The fourth-order valence-corrected chi connectivity index (χ4v) is 3.78. The highest BCUT2D eigenvalue weighted by Gasteiger charge is 2.26. The van der Waals surface area contributed by atoms with Crippen molar-refractivity contribution in [2.45, 2.75) is 12.8 Å². The summed E-state index contributed by atoms with van der Waals surface area (Å²) in [4.78, 5) is 13.6. The molecule has 0 fully saturated rings. The molecule has 0 saturated heterocycles. The zero-order chi connectivity index (χ0) is 20.4. The SMILES string of the molecule is COc1ccc(C2=C(C(=O)c3ccc(O)cc3)c3cc(OC)ccc3CC2)cc1. The molecule has 0 aliphatic heterocycles. The van der Waals surface area contributed by atoms with Crippen LogP contribution in [0.5, 0.6) is 17.2 Å². The molecular formula is C25H22O4. The molecule has 3 aromatic rings. The van der Waals surface area contributed by atoms with E-state index in [-0.39, 0.29) is 11.5 Å². The van der Waals surface area contributed by atoms with Gasteiger partial charge in [0.1, 0.15) is 17.2 Å². The van der Waals surface area contributed by atoms with Crippen LogP contribution in [0.15, 0.2) is 66.7 Å². The Morgan fingerprint density at radius 2 is 1.48 bits per heavy atom. The molecule has 0 radical (unpaired) electrons. The van der Waals surface area contributed by atoms with Crippen molar-refractivity contribution in [1.82, 2.24) is 0 Å². The lowest BCUT2D eigenvalue weighted by Gasteiger charge is -2.24. The third kappa shape index (κ3) is 3.61. The molecule has 0 spiro atoms. The molecule has 0 atom stereocenters. The monoisotopic (exact) mass is 386 g/mol. The molecule has 29 heavy (non-hydrogen) atoms.